The number of para-hydroxylation sites is 1. The molecule has 1 nitrogen and oxygen atoms in total. The second-order valence-electron chi connectivity index (χ2n) is 17.2. The molecule has 9 aromatic carbocycles. The first-order valence-corrected chi connectivity index (χ1v) is 21.4. The molecule has 1 aliphatic rings. The molecule has 1 aliphatic carbocycles. The Morgan fingerprint density at radius 3 is 1.78 bits per heavy atom. The summed E-state index contributed by atoms with van der Waals surface area (Å²) in [5, 5.41) is 4.96. The predicted molar refractivity (Wildman–Crippen MR) is 253 cm³/mol. The van der Waals surface area contributed by atoms with Gasteiger partial charge >= 0.3 is 0 Å². The summed E-state index contributed by atoms with van der Waals surface area (Å²) >= 11 is 0. The van der Waals surface area contributed by atoms with Crippen LogP contribution in [-0.4, -0.2) is 0 Å². The maximum atomic E-state index is 6.10. The van der Waals surface area contributed by atoms with E-state index in [2.05, 4.69) is 202 Å². The van der Waals surface area contributed by atoms with Crippen LogP contribution in [0, 0.1) is 0 Å². The zero-order valence-electron chi connectivity index (χ0n) is 34.2. The second kappa shape index (κ2) is 14.7. The first kappa shape index (κ1) is 36.1. The highest BCUT2D eigenvalue weighted by molar-refractivity contribution is 6.06. The van der Waals surface area contributed by atoms with Gasteiger partial charge in [0, 0.05) is 16.2 Å². The molecule has 0 spiro atoms. The highest BCUT2D eigenvalue weighted by Crippen LogP contribution is 2.51. The summed E-state index contributed by atoms with van der Waals surface area (Å²) in [6.07, 6.45) is 3.08. The van der Waals surface area contributed by atoms with Crippen LogP contribution in [0.5, 0.6) is 0 Å². The molecule has 1 atom stereocenters. The molecule has 0 amide bonds. The minimum Gasteiger partial charge on any atom is -0.456 e. The third kappa shape index (κ3) is 6.33. The number of hydrogen-bond acceptors (Lipinski definition) is 1. The van der Waals surface area contributed by atoms with Crippen molar-refractivity contribution >= 4 is 32.7 Å². The number of rotatable bonds is 9. The summed E-state index contributed by atoms with van der Waals surface area (Å²) in [7, 11) is 0. The number of fused-ring (bicyclic) bond motifs is 7. The maximum Gasteiger partial charge on any atom is 0.135 e. The molecule has 0 saturated carbocycles. The Morgan fingerprint density at radius 2 is 0.983 bits per heavy atom. The molecule has 1 aromatic heterocycles. The highest BCUT2D eigenvalue weighted by atomic mass is 16.3. The summed E-state index contributed by atoms with van der Waals surface area (Å²) < 4.78 is 6.10. The van der Waals surface area contributed by atoms with Crippen molar-refractivity contribution in [2.24, 2.45) is 0 Å². The van der Waals surface area contributed by atoms with Crippen LogP contribution in [0.1, 0.15) is 54.0 Å². The van der Waals surface area contributed by atoms with Crippen molar-refractivity contribution in [3.05, 3.63) is 228 Å². The van der Waals surface area contributed by atoms with Gasteiger partial charge in [0.2, 0.25) is 0 Å². The van der Waals surface area contributed by atoms with Gasteiger partial charge in [-0.3, -0.25) is 0 Å². The molecule has 0 bridgehead atoms. The van der Waals surface area contributed by atoms with Crippen LogP contribution in [0.2, 0.25) is 0 Å². The van der Waals surface area contributed by atoms with Gasteiger partial charge in [-0.05, 0) is 133 Å². The largest absolute Gasteiger partial charge is 0.456 e. The fourth-order valence-corrected chi connectivity index (χ4v) is 10.0. The smallest absolute Gasteiger partial charge is 0.135 e. The minimum absolute atomic E-state index is 0.0880. The van der Waals surface area contributed by atoms with Gasteiger partial charge in [-0.1, -0.05) is 190 Å². The lowest BCUT2D eigenvalue weighted by molar-refractivity contribution is 0.615. The van der Waals surface area contributed by atoms with Crippen molar-refractivity contribution in [3.8, 4) is 44.5 Å². The summed E-state index contributed by atoms with van der Waals surface area (Å²) in [4.78, 5) is 0. The van der Waals surface area contributed by atoms with Crippen molar-refractivity contribution in [1.29, 1.82) is 0 Å². The molecule has 0 N–H and O–H groups in total. The number of benzene rings is 9. The fourth-order valence-electron chi connectivity index (χ4n) is 10.0. The topological polar surface area (TPSA) is 13.1 Å². The highest BCUT2D eigenvalue weighted by Gasteiger charge is 2.36. The van der Waals surface area contributed by atoms with E-state index in [9.17, 15) is 0 Å². The van der Waals surface area contributed by atoms with Crippen molar-refractivity contribution in [1.82, 2.24) is 0 Å². The third-order valence-electron chi connectivity index (χ3n) is 13.3. The van der Waals surface area contributed by atoms with E-state index in [-0.39, 0.29) is 5.41 Å². The molecule has 60 heavy (non-hydrogen) atoms. The van der Waals surface area contributed by atoms with E-state index in [0.29, 0.717) is 5.92 Å². The van der Waals surface area contributed by atoms with Gasteiger partial charge in [0.25, 0.3) is 0 Å². The molecule has 1 unspecified atom stereocenters. The van der Waals surface area contributed by atoms with E-state index in [1.54, 1.807) is 0 Å². The van der Waals surface area contributed by atoms with Gasteiger partial charge in [0.1, 0.15) is 11.2 Å². The number of aryl methyl sites for hydroxylation is 1. The molecule has 0 aliphatic heterocycles. The molecule has 0 radical (unpaired) electrons. The van der Waals surface area contributed by atoms with Crippen molar-refractivity contribution in [2.45, 2.75) is 44.4 Å². The Labute approximate surface area is 352 Å². The molecule has 1 heterocycles. The third-order valence-corrected chi connectivity index (χ3v) is 13.3. The fraction of sp³-hybridized carbons (Fsp3) is 0.119. The van der Waals surface area contributed by atoms with Gasteiger partial charge in [-0.25, -0.2) is 0 Å². The Balaban J connectivity index is 0.891. The van der Waals surface area contributed by atoms with Crippen LogP contribution in [0.25, 0.3) is 77.2 Å². The van der Waals surface area contributed by atoms with Crippen LogP contribution >= 0.6 is 0 Å². The van der Waals surface area contributed by atoms with Gasteiger partial charge < -0.3 is 4.42 Å². The number of furan rings is 1. The Bertz CT molecular complexity index is 3180. The minimum atomic E-state index is -0.0880. The van der Waals surface area contributed by atoms with Crippen LogP contribution in [-0.2, 0) is 18.3 Å². The van der Waals surface area contributed by atoms with Crippen molar-refractivity contribution in [3.63, 3.8) is 0 Å². The normalized spacial score (nSPS) is 13.4. The number of hydrogen-bond donors (Lipinski definition) is 0. The van der Waals surface area contributed by atoms with Crippen molar-refractivity contribution < 1.29 is 4.42 Å². The predicted octanol–water partition coefficient (Wildman–Crippen LogP) is 16.0. The first-order chi connectivity index (χ1) is 29.5. The lowest BCUT2D eigenvalue weighted by atomic mass is 9.79. The summed E-state index contributed by atoms with van der Waals surface area (Å²) in [6, 6.07) is 73.9. The van der Waals surface area contributed by atoms with E-state index in [1.807, 2.05) is 12.1 Å². The van der Waals surface area contributed by atoms with Crippen LogP contribution in [0.15, 0.2) is 205 Å². The van der Waals surface area contributed by atoms with E-state index < -0.39 is 0 Å². The quantitative estimate of drug-likeness (QED) is 0.142. The lowest BCUT2D eigenvalue weighted by Gasteiger charge is -2.25. The first-order valence-electron chi connectivity index (χ1n) is 21.4. The van der Waals surface area contributed by atoms with Gasteiger partial charge in [0.15, 0.2) is 0 Å². The Kier molecular flexibility index (Phi) is 8.85. The van der Waals surface area contributed by atoms with Gasteiger partial charge in [-0.15, -0.1) is 0 Å². The van der Waals surface area contributed by atoms with E-state index in [0.717, 1.165) is 41.2 Å². The molecular weight excluding hydrogens is 725 g/mol. The van der Waals surface area contributed by atoms with Gasteiger partial charge in [-0.2, -0.15) is 0 Å². The van der Waals surface area contributed by atoms with Crippen molar-refractivity contribution in [2.75, 3.05) is 0 Å². The SMILES string of the molecule is CC1(C)c2cc(-c3ccccc3)ccc2-c2ccc(C(CCc3ccc(-c4ccc(-c5ccc6oc7ccccc7c6c5)cc4)c4ccccc34)Cc3ccccc3)cc21. The average molecular weight is 771 g/mol. The maximum absolute atomic E-state index is 6.10. The molecule has 11 rings (SSSR count). The standard InChI is InChI=1S/C59H46O/c1-59(2)55-37-46(40-15-7-4-8-16-40)28-32-51(55)52-33-29-47(38-56(52)59)44(35-39-13-5-3-6-14-39)26-25-43-27-31-49(50-18-10-9-17-48(43)50)42-23-21-41(22-24-42)45-30-34-58-54(36-45)53-19-11-12-20-57(53)60-58/h3-24,27-34,36-38,44H,25-26,35H2,1-2H3. The summed E-state index contributed by atoms with van der Waals surface area (Å²) in [6.45, 7) is 4.82. The Morgan fingerprint density at radius 1 is 0.417 bits per heavy atom. The van der Waals surface area contributed by atoms with E-state index in [1.165, 1.54) is 83.1 Å². The lowest BCUT2D eigenvalue weighted by Crippen LogP contribution is -2.16. The molecule has 10 aromatic rings. The summed E-state index contributed by atoms with van der Waals surface area (Å²) in [5.41, 5.74) is 19.0. The van der Waals surface area contributed by atoms with Crippen LogP contribution < -0.4 is 0 Å². The zero-order valence-corrected chi connectivity index (χ0v) is 34.2. The molecule has 1 heteroatoms. The Hall–Kier alpha value is -6.96. The molecule has 0 fully saturated rings. The second-order valence-corrected chi connectivity index (χ2v) is 17.2. The summed E-state index contributed by atoms with van der Waals surface area (Å²) in [5.74, 6) is 0.377. The van der Waals surface area contributed by atoms with Gasteiger partial charge in [0.05, 0.1) is 0 Å². The molecular formula is C59H46O. The zero-order chi connectivity index (χ0) is 40.2. The average Bonchev–Trinajstić information content (AvgIpc) is 3.79. The van der Waals surface area contributed by atoms with E-state index in [4.69, 9.17) is 4.42 Å². The van der Waals surface area contributed by atoms with Crippen LogP contribution in [0.3, 0.4) is 0 Å². The molecule has 0 saturated heterocycles. The monoisotopic (exact) mass is 770 g/mol. The van der Waals surface area contributed by atoms with E-state index >= 15 is 0 Å². The molecule has 288 valence electrons. The van der Waals surface area contributed by atoms with Crippen LogP contribution in [0.4, 0.5) is 0 Å².